The minimum atomic E-state index is -1.13. The molecule has 2 nitrogen and oxygen atoms in total. The van der Waals surface area contributed by atoms with Crippen molar-refractivity contribution >= 4 is 5.97 Å². The van der Waals surface area contributed by atoms with E-state index in [2.05, 4.69) is 20.8 Å². The van der Waals surface area contributed by atoms with Crippen LogP contribution in [-0.2, 0) is 4.74 Å². The number of hydrogen-bond acceptors (Lipinski definition) is 2. The molecular weight excluding hydrogens is 274 g/mol. The molecule has 1 aromatic carbocycles. The highest BCUT2D eigenvalue weighted by Crippen LogP contribution is 2.66. The standard InChI is InChI=1S/C17H20F2O2/c1-16(2)10-7-8-17(16,3)13(9-10)21-15(20)11-5-4-6-12(18)14(11)19/h4-6,10,13H,7-9H2,1-3H3. The van der Waals surface area contributed by atoms with Crippen LogP contribution in [0.2, 0.25) is 0 Å². The minimum absolute atomic E-state index is 0.0862. The number of carbonyl (C=O) groups excluding carboxylic acids is 1. The molecule has 21 heavy (non-hydrogen) atoms. The number of esters is 1. The molecule has 0 aromatic heterocycles. The lowest BCUT2D eigenvalue weighted by atomic mass is 9.70. The predicted octanol–water partition coefficient (Wildman–Crippen LogP) is 4.34. The molecule has 2 bridgehead atoms. The van der Waals surface area contributed by atoms with Crippen LogP contribution in [0.15, 0.2) is 18.2 Å². The first-order valence-electron chi connectivity index (χ1n) is 7.42. The zero-order chi connectivity index (χ0) is 15.4. The van der Waals surface area contributed by atoms with E-state index in [1.165, 1.54) is 12.1 Å². The monoisotopic (exact) mass is 294 g/mol. The zero-order valence-electron chi connectivity index (χ0n) is 12.6. The molecule has 3 rings (SSSR count). The van der Waals surface area contributed by atoms with Crippen LogP contribution in [-0.4, -0.2) is 12.1 Å². The van der Waals surface area contributed by atoms with Crippen LogP contribution >= 0.6 is 0 Å². The maximum absolute atomic E-state index is 13.7. The van der Waals surface area contributed by atoms with Gasteiger partial charge in [-0.1, -0.05) is 26.8 Å². The van der Waals surface area contributed by atoms with Gasteiger partial charge in [0.25, 0.3) is 0 Å². The molecule has 3 atom stereocenters. The maximum Gasteiger partial charge on any atom is 0.341 e. The topological polar surface area (TPSA) is 26.3 Å². The summed E-state index contributed by atoms with van der Waals surface area (Å²) in [5.41, 5.74) is -0.297. The number of benzene rings is 1. The second-order valence-electron chi connectivity index (χ2n) is 7.11. The Balaban J connectivity index is 1.82. The fourth-order valence-electron chi connectivity index (χ4n) is 4.16. The molecule has 0 spiro atoms. The fraction of sp³-hybridized carbons (Fsp3) is 0.588. The Morgan fingerprint density at radius 3 is 2.57 bits per heavy atom. The minimum Gasteiger partial charge on any atom is -0.458 e. The first-order chi connectivity index (χ1) is 9.77. The summed E-state index contributed by atoms with van der Waals surface area (Å²) in [5.74, 6) is -2.39. The first-order valence-corrected chi connectivity index (χ1v) is 7.42. The summed E-state index contributed by atoms with van der Waals surface area (Å²) < 4.78 is 32.5. The van der Waals surface area contributed by atoms with E-state index < -0.39 is 17.6 Å². The van der Waals surface area contributed by atoms with Crippen molar-refractivity contribution in [3.8, 4) is 0 Å². The Labute approximate surface area is 123 Å². The van der Waals surface area contributed by atoms with Crippen LogP contribution in [0.4, 0.5) is 8.78 Å². The third-order valence-corrected chi connectivity index (χ3v) is 6.13. The molecule has 2 fully saturated rings. The van der Waals surface area contributed by atoms with E-state index >= 15 is 0 Å². The SMILES string of the molecule is CC1(C)C2CCC1(C)C(OC(=O)c1cccc(F)c1F)C2. The van der Waals surface area contributed by atoms with Gasteiger partial charge < -0.3 is 4.74 Å². The Hall–Kier alpha value is -1.45. The van der Waals surface area contributed by atoms with E-state index in [-0.39, 0.29) is 22.5 Å². The van der Waals surface area contributed by atoms with Crippen LogP contribution in [0.3, 0.4) is 0 Å². The Morgan fingerprint density at radius 2 is 2.00 bits per heavy atom. The second-order valence-corrected chi connectivity index (χ2v) is 7.11. The van der Waals surface area contributed by atoms with Gasteiger partial charge in [0, 0.05) is 5.41 Å². The molecule has 0 heterocycles. The number of fused-ring (bicyclic) bond motifs is 2. The van der Waals surface area contributed by atoms with Crippen LogP contribution < -0.4 is 0 Å². The molecule has 0 amide bonds. The molecular formula is C17H20F2O2. The van der Waals surface area contributed by atoms with E-state index in [9.17, 15) is 13.6 Å². The maximum atomic E-state index is 13.7. The van der Waals surface area contributed by atoms with E-state index in [1.54, 1.807) is 0 Å². The molecule has 2 saturated carbocycles. The fourth-order valence-corrected chi connectivity index (χ4v) is 4.16. The van der Waals surface area contributed by atoms with Crippen LogP contribution in [0, 0.1) is 28.4 Å². The molecule has 0 aliphatic heterocycles. The highest BCUT2D eigenvalue weighted by molar-refractivity contribution is 5.89. The number of carbonyl (C=O) groups is 1. The molecule has 0 N–H and O–H groups in total. The average molecular weight is 294 g/mol. The summed E-state index contributed by atoms with van der Waals surface area (Å²) in [6, 6.07) is 3.58. The summed E-state index contributed by atoms with van der Waals surface area (Å²) in [7, 11) is 0. The number of rotatable bonds is 2. The van der Waals surface area contributed by atoms with Crippen LogP contribution in [0.25, 0.3) is 0 Å². The third-order valence-electron chi connectivity index (χ3n) is 6.13. The Kier molecular flexibility index (Phi) is 3.12. The van der Waals surface area contributed by atoms with Gasteiger partial charge in [0.2, 0.25) is 0 Å². The van der Waals surface area contributed by atoms with E-state index in [0.717, 1.165) is 25.3 Å². The van der Waals surface area contributed by atoms with Gasteiger partial charge in [0.05, 0.1) is 5.56 Å². The largest absolute Gasteiger partial charge is 0.458 e. The lowest BCUT2D eigenvalue weighted by Gasteiger charge is -2.38. The van der Waals surface area contributed by atoms with Gasteiger partial charge in [-0.15, -0.1) is 0 Å². The van der Waals surface area contributed by atoms with Gasteiger partial charge >= 0.3 is 5.97 Å². The smallest absolute Gasteiger partial charge is 0.341 e. The van der Waals surface area contributed by atoms with Gasteiger partial charge in [0.15, 0.2) is 11.6 Å². The number of ether oxygens (including phenoxy) is 1. The quantitative estimate of drug-likeness (QED) is 0.759. The van der Waals surface area contributed by atoms with Gasteiger partial charge in [-0.2, -0.15) is 0 Å². The predicted molar refractivity (Wildman–Crippen MR) is 74.8 cm³/mol. The molecule has 0 saturated heterocycles. The molecule has 3 unspecified atom stereocenters. The average Bonchev–Trinajstić information content (AvgIpc) is 2.75. The Bertz CT molecular complexity index is 596. The second kappa shape index (κ2) is 4.52. The van der Waals surface area contributed by atoms with Gasteiger partial charge in [-0.05, 0) is 42.7 Å². The van der Waals surface area contributed by atoms with Crippen molar-refractivity contribution in [2.24, 2.45) is 16.7 Å². The third kappa shape index (κ3) is 1.91. The lowest BCUT2D eigenvalue weighted by Crippen LogP contribution is -2.38. The van der Waals surface area contributed by atoms with Crippen molar-refractivity contribution in [1.29, 1.82) is 0 Å². The van der Waals surface area contributed by atoms with Gasteiger partial charge in [-0.3, -0.25) is 0 Å². The molecule has 114 valence electrons. The normalized spacial score (nSPS) is 33.2. The molecule has 2 aliphatic rings. The zero-order valence-corrected chi connectivity index (χ0v) is 12.6. The summed E-state index contributed by atoms with van der Waals surface area (Å²) in [6.07, 6.45) is 2.74. The van der Waals surface area contributed by atoms with Crippen molar-refractivity contribution < 1.29 is 18.3 Å². The lowest BCUT2D eigenvalue weighted by molar-refractivity contribution is -0.0246. The van der Waals surface area contributed by atoms with E-state index in [4.69, 9.17) is 4.74 Å². The summed E-state index contributed by atoms with van der Waals surface area (Å²) in [4.78, 5) is 12.2. The van der Waals surface area contributed by atoms with Crippen LogP contribution in [0.5, 0.6) is 0 Å². The van der Waals surface area contributed by atoms with Crippen molar-refractivity contribution in [2.75, 3.05) is 0 Å². The van der Waals surface area contributed by atoms with Gasteiger partial charge in [-0.25, -0.2) is 13.6 Å². The highest BCUT2D eigenvalue weighted by atomic mass is 19.2. The highest BCUT2D eigenvalue weighted by Gasteiger charge is 2.62. The Morgan fingerprint density at radius 1 is 1.29 bits per heavy atom. The van der Waals surface area contributed by atoms with Crippen LogP contribution in [0.1, 0.15) is 50.4 Å². The summed E-state index contributed by atoms with van der Waals surface area (Å²) in [6.45, 7) is 6.56. The van der Waals surface area contributed by atoms with Gasteiger partial charge in [0.1, 0.15) is 6.10 Å². The summed E-state index contributed by atoms with van der Waals surface area (Å²) in [5, 5.41) is 0. The first kappa shape index (κ1) is 14.5. The molecule has 4 heteroatoms. The van der Waals surface area contributed by atoms with E-state index in [1.807, 2.05) is 0 Å². The number of hydrogen-bond donors (Lipinski definition) is 0. The molecule has 0 radical (unpaired) electrons. The van der Waals surface area contributed by atoms with Crippen molar-refractivity contribution in [2.45, 2.75) is 46.1 Å². The van der Waals surface area contributed by atoms with Crippen molar-refractivity contribution in [3.05, 3.63) is 35.4 Å². The summed E-state index contributed by atoms with van der Waals surface area (Å²) >= 11 is 0. The number of halogens is 2. The molecule has 1 aromatic rings. The van der Waals surface area contributed by atoms with Crippen molar-refractivity contribution in [3.63, 3.8) is 0 Å². The van der Waals surface area contributed by atoms with Crippen molar-refractivity contribution in [1.82, 2.24) is 0 Å². The van der Waals surface area contributed by atoms with E-state index in [0.29, 0.717) is 5.92 Å². The molecule has 2 aliphatic carbocycles.